The van der Waals surface area contributed by atoms with E-state index in [1.54, 1.807) is 32.0 Å². The Morgan fingerprint density at radius 3 is 2.39 bits per heavy atom. The molecular weight excluding hydrogens is 436 g/mol. The van der Waals surface area contributed by atoms with Gasteiger partial charge < -0.3 is 34.6 Å². The van der Waals surface area contributed by atoms with Crippen molar-refractivity contribution in [2.75, 3.05) is 20.3 Å². The van der Waals surface area contributed by atoms with Crippen LogP contribution in [0.1, 0.15) is 25.3 Å². The zero-order valence-corrected chi connectivity index (χ0v) is 18.4. The van der Waals surface area contributed by atoms with Gasteiger partial charge in [-0.1, -0.05) is 18.2 Å². The first-order valence-electron chi connectivity index (χ1n) is 10.5. The van der Waals surface area contributed by atoms with Crippen LogP contribution in [-0.2, 0) is 28.5 Å². The fourth-order valence-electron chi connectivity index (χ4n) is 4.65. The van der Waals surface area contributed by atoms with Gasteiger partial charge in [0.2, 0.25) is 0 Å². The zero-order chi connectivity index (χ0) is 23.9. The maximum Gasteiger partial charge on any atom is 0.337 e. The third-order valence-corrected chi connectivity index (χ3v) is 6.13. The zero-order valence-electron chi connectivity index (χ0n) is 18.4. The molecule has 0 saturated carbocycles. The van der Waals surface area contributed by atoms with Gasteiger partial charge in [-0.25, -0.2) is 14.8 Å². The van der Waals surface area contributed by atoms with Gasteiger partial charge in [-0.05, 0) is 13.8 Å². The predicted octanol–water partition coefficient (Wildman–Crippen LogP) is -0.432. The quantitative estimate of drug-likeness (QED) is 0.335. The van der Waals surface area contributed by atoms with Crippen LogP contribution in [0.3, 0.4) is 0 Å². The molecule has 3 aliphatic rings. The molecule has 11 heteroatoms. The summed E-state index contributed by atoms with van der Waals surface area (Å²) in [5, 5.41) is 33.5. The number of fused-ring (bicyclic) bond motifs is 1. The largest absolute Gasteiger partial charge is 0.595 e. The summed E-state index contributed by atoms with van der Waals surface area (Å²) in [6.45, 7) is 3.43. The van der Waals surface area contributed by atoms with Gasteiger partial charge in [0, 0.05) is 23.0 Å². The summed E-state index contributed by atoms with van der Waals surface area (Å²) < 4.78 is 21.7. The Bertz CT molecular complexity index is 1020. The van der Waals surface area contributed by atoms with E-state index in [1.165, 1.54) is 13.2 Å². The summed E-state index contributed by atoms with van der Waals surface area (Å²) in [5.41, 5.74) is 1.24. The van der Waals surface area contributed by atoms with Crippen LogP contribution in [0.4, 0.5) is 5.69 Å². The summed E-state index contributed by atoms with van der Waals surface area (Å²) >= 11 is 0. The van der Waals surface area contributed by atoms with E-state index in [-0.39, 0.29) is 35.6 Å². The highest BCUT2D eigenvalue weighted by Gasteiger charge is 2.50. The highest BCUT2D eigenvalue weighted by Crippen LogP contribution is 2.42. The first-order valence-corrected chi connectivity index (χ1v) is 10.5. The van der Waals surface area contributed by atoms with Crippen molar-refractivity contribution >= 4 is 17.6 Å². The second-order valence-electron chi connectivity index (χ2n) is 8.13. The number of nitrogens with one attached hydrogen (secondary N) is 2. The number of quaternary nitrogens is 1. The lowest BCUT2D eigenvalue weighted by Crippen LogP contribution is -2.99. The van der Waals surface area contributed by atoms with Crippen molar-refractivity contribution < 1.29 is 44.1 Å². The molecule has 4 rings (SSSR count). The van der Waals surface area contributed by atoms with E-state index in [0.29, 0.717) is 11.4 Å². The van der Waals surface area contributed by atoms with Crippen molar-refractivity contribution in [2.24, 2.45) is 0 Å². The molecule has 0 aromatic heterocycles. The fourth-order valence-corrected chi connectivity index (χ4v) is 4.65. The lowest BCUT2D eigenvalue weighted by atomic mass is 9.79. The van der Waals surface area contributed by atoms with Crippen molar-refractivity contribution in [3.8, 4) is 0 Å². The number of aliphatic hydroxyl groups is 1. The molecule has 4 N–H and O–H groups in total. The number of allylic oxidation sites excluding steroid dienone is 2. The molecule has 0 spiro atoms. The summed E-state index contributed by atoms with van der Waals surface area (Å²) in [7, 11) is 1.21. The maximum atomic E-state index is 13.4. The molecule has 178 valence electrons. The van der Waals surface area contributed by atoms with Crippen LogP contribution in [-0.4, -0.2) is 67.0 Å². The molecule has 6 atom stereocenters. The molecule has 1 aromatic carbocycles. The topological polar surface area (TPSA) is 151 Å². The Hall–Kier alpha value is -2.80. The Balaban J connectivity index is 1.74. The van der Waals surface area contributed by atoms with Crippen molar-refractivity contribution in [3.63, 3.8) is 0 Å². The molecule has 3 aliphatic heterocycles. The number of aliphatic hydroxyl groups excluding tert-OH is 1. The standard InChI is InChI=1S/C22H26N2O9/c1-10-16(21(26)30-3)18(12-6-4-5-7-13(12)24(28)29)17(11(2)23-10)22(27)33-15-9-32-19-14(25)8-31-20(15)19/h4-7,14-15,18-20,23-25,28H,8-9H2,1-3H3/t14-,15+,18?,19+,20+/m0/s1. The van der Waals surface area contributed by atoms with Crippen LogP contribution < -0.4 is 10.5 Å². The summed E-state index contributed by atoms with van der Waals surface area (Å²) in [6, 6.07) is 6.16. The molecular formula is C22H26N2O9. The highest BCUT2D eigenvalue weighted by molar-refractivity contribution is 6.00. The van der Waals surface area contributed by atoms with Gasteiger partial charge >= 0.3 is 11.9 Å². The predicted molar refractivity (Wildman–Crippen MR) is 111 cm³/mol. The number of esters is 2. The summed E-state index contributed by atoms with van der Waals surface area (Å²) in [6.07, 6.45) is -2.76. The van der Waals surface area contributed by atoms with E-state index >= 15 is 0 Å². The number of hydrogen-bond donors (Lipinski definition) is 4. The SMILES string of the molecule is COC(=O)C1=C(C)NC(C)=C(C(=O)O[C@@H]2CO[C@H]3[C@@H]2OC[C@@H]3O)C1c1ccccc1[NH+]([O-])O. The fraction of sp³-hybridized carbons (Fsp3) is 0.455. The minimum Gasteiger partial charge on any atom is -0.595 e. The molecule has 0 bridgehead atoms. The van der Waals surface area contributed by atoms with E-state index in [9.17, 15) is 25.1 Å². The number of ether oxygens (including phenoxy) is 4. The summed E-state index contributed by atoms with van der Waals surface area (Å²) in [5.74, 6) is -2.49. The number of carbonyl (C=O) groups is 2. The average Bonchev–Trinajstić information content (AvgIpc) is 3.35. The third kappa shape index (κ3) is 4.14. The van der Waals surface area contributed by atoms with Gasteiger partial charge in [0.05, 0.1) is 37.4 Å². The number of benzene rings is 1. The molecule has 0 amide bonds. The maximum absolute atomic E-state index is 13.4. The molecule has 1 aromatic rings. The van der Waals surface area contributed by atoms with Crippen LogP contribution in [0.15, 0.2) is 46.8 Å². The minimum absolute atomic E-state index is 0.0486. The number of para-hydroxylation sites is 1. The Morgan fingerprint density at radius 1 is 1.09 bits per heavy atom. The normalized spacial score (nSPS) is 30.1. The van der Waals surface area contributed by atoms with E-state index in [2.05, 4.69) is 5.32 Å². The lowest BCUT2D eigenvalue weighted by Gasteiger charge is -2.32. The van der Waals surface area contributed by atoms with Gasteiger partial charge in [0.1, 0.15) is 18.3 Å². The number of methoxy groups -OCH3 is 1. The first-order chi connectivity index (χ1) is 15.7. The minimum atomic E-state index is -1.20. The van der Waals surface area contributed by atoms with Crippen molar-refractivity contribution in [1.82, 2.24) is 5.32 Å². The van der Waals surface area contributed by atoms with E-state index in [4.69, 9.17) is 18.9 Å². The van der Waals surface area contributed by atoms with E-state index in [1.807, 2.05) is 0 Å². The Kier molecular flexibility index (Phi) is 6.52. The molecule has 2 saturated heterocycles. The number of dihydropyridines is 1. The van der Waals surface area contributed by atoms with Crippen LogP contribution in [0.5, 0.6) is 0 Å². The number of rotatable bonds is 5. The average molecular weight is 462 g/mol. The monoisotopic (exact) mass is 462 g/mol. The molecule has 11 nitrogen and oxygen atoms in total. The van der Waals surface area contributed by atoms with Crippen molar-refractivity contribution in [1.29, 1.82) is 0 Å². The Morgan fingerprint density at radius 2 is 1.73 bits per heavy atom. The third-order valence-electron chi connectivity index (χ3n) is 6.13. The van der Waals surface area contributed by atoms with Gasteiger partial charge in [-0.2, -0.15) is 5.23 Å². The smallest absolute Gasteiger partial charge is 0.337 e. The van der Waals surface area contributed by atoms with Gasteiger partial charge in [-0.3, -0.25) is 0 Å². The van der Waals surface area contributed by atoms with Crippen LogP contribution in [0.2, 0.25) is 0 Å². The Labute approximate surface area is 189 Å². The van der Waals surface area contributed by atoms with Crippen LogP contribution in [0, 0.1) is 5.21 Å². The molecule has 2 unspecified atom stereocenters. The molecule has 0 aliphatic carbocycles. The van der Waals surface area contributed by atoms with Gasteiger partial charge in [-0.15, -0.1) is 0 Å². The van der Waals surface area contributed by atoms with Gasteiger partial charge in [0.25, 0.3) is 0 Å². The van der Waals surface area contributed by atoms with Crippen LogP contribution >= 0.6 is 0 Å². The van der Waals surface area contributed by atoms with Gasteiger partial charge in [0.15, 0.2) is 11.8 Å². The highest BCUT2D eigenvalue weighted by atomic mass is 16.8. The number of carbonyl (C=O) groups excluding carboxylic acids is 2. The molecule has 3 heterocycles. The first kappa shape index (κ1) is 23.4. The second-order valence-corrected chi connectivity index (χ2v) is 8.13. The van der Waals surface area contributed by atoms with Crippen molar-refractivity contribution in [2.45, 2.75) is 44.2 Å². The second kappa shape index (κ2) is 9.21. The van der Waals surface area contributed by atoms with Crippen molar-refractivity contribution in [3.05, 3.63) is 57.6 Å². The summed E-state index contributed by atoms with van der Waals surface area (Å²) in [4.78, 5) is 26.2. The molecule has 33 heavy (non-hydrogen) atoms. The van der Waals surface area contributed by atoms with E-state index < -0.39 is 47.5 Å². The van der Waals surface area contributed by atoms with Crippen LogP contribution in [0.25, 0.3) is 0 Å². The number of hydrogen-bond acceptors (Lipinski definition) is 10. The van der Waals surface area contributed by atoms with E-state index in [0.717, 1.165) is 0 Å². The molecule has 0 radical (unpaired) electrons. The molecule has 2 fully saturated rings. The lowest BCUT2D eigenvalue weighted by molar-refractivity contribution is -0.991.